The third-order valence-electron chi connectivity index (χ3n) is 5.99. The predicted molar refractivity (Wildman–Crippen MR) is 130 cm³/mol. The zero-order chi connectivity index (χ0) is 24.4. The number of rotatable bonds is 7. The fourth-order valence-electron chi connectivity index (χ4n) is 4.26. The van der Waals surface area contributed by atoms with Gasteiger partial charge in [0, 0.05) is 11.7 Å². The molecule has 3 amide bonds. The van der Waals surface area contributed by atoms with Gasteiger partial charge in [-0.3, -0.25) is 19.3 Å². The van der Waals surface area contributed by atoms with Crippen LogP contribution in [0.25, 0.3) is 0 Å². The maximum absolute atomic E-state index is 14.0. The predicted octanol–water partition coefficient (Wildman–Crippen LogP) is 3.48. The molecule has 1 unspecified atom stereocenters. The summed E-state index contributed by atoms with van der Waals surface area (Å²) in [5, 5.41) is 3.09. The highest BCUT2D eigenvalue weighted by Gasteiger charge is 2.39. The van der Waals surface area contributed by atoms with Gasteiger partial charge in [0.25, 0.3) is 17.7 Å². The summed E-state index contributed by atoms with van der Waals surface area (Å²) >= 11 is 0.775. The summed E-state index contributed by atoms with van der Waals surface area (Å²) in [4.78, 5) is 40.7. The summed E-state index contributed by atoms with van der Waals surface area (Å²) in [5.41, 5.74) is 12.5. The van der Waals surface area contributed by atoms with Crippen LogP contribution in [0.4, 0.5) is 11.4 Å². The third-order valence-corrected chi connectivity index (χ3v) is 6.84. The second-order valence-corrected chi connectivity index (χ2v) is 9.21. The largest absolute Gasteiger partial charge is 0.464 e. The van der Waals surface area contributed by atoms with Gasteiger partial charge in [0.15, 0.2) is 11.7 Å². The van der Waals surface area contributed by atoms with Gasteiger partial charge in [0.05, 0.1) is 5.69 Å². The van der Waals surface area contributed by atoms with Crippen LogP contribution >= 0.6 is 11.5 Å². The van der Waals surface area contributed by atoms with Crippen LogP contribution in [0.15, 0.2) is 40.8 Å². The Morgan fingerprint density at radius 3 is 2.44 bits per heavy atom. The average molecular weight is 482 g/mol. The Balaban J connectivity index is 1.85. The van der Waals surface area contributed by atoms with E-state index in [1.165, 1.54) is 4.90 Å². The van der Waals surface area contributed by atoms with Gasteiger partial charge in [0.2, 0.25) is 0 Å². The van der Waals surface area contributed by atoms with Crippen molar-refractivity contribution in [2.75, 3.05) is 10.6 Å². The first-order valence-corrected chi connectivity index (χ1v) is 11.9. The van der Waals surface area contributed by atoms with E-state index in [9.17, 15) is 14.4 Å². The molecule has 1 aromatic carbocycles. The lowest BCUT2D eigenvalue weighted by molar-refractivity contribution is -0.123. The highest BCUT2D eigenvalue weighted by atomic mass is 32.1. The Kier molecular flexibility index (Phi) is 6.69. The molecule has 0 bridgehead atoms. The molecule has 178 valence electrons. The topological polar surface area (TPSA) is 145 Å². The van der Waals surface area contributed by atoms with Crippen molar-refractivity contribution >= 4 is 40.6 Å². The van der Waals surface area contributed by atoms with Crippen LogP contribution in [-0.2, 0) is 4.79 Å². The number of furan rings is 1. The summed E-state index contributed by atoms with van der Waals surface area (Å²) in [6.45, 7) is 3.62. The zero-order valence-corrected chi connectivity index (χ0v) is 19.9. The van der Waals surface area contributed by atoms with Gasteiger partial charge in [-0.1, -0.05) is 31.0 Å². The normalized spacial score (nSPS) is 14.6. The number of aryl methyl sites for hydroxylation is 2. The van der Waals surface area contributed by atoms with Crippen LogP contribution in [-0.4, -0.2) is 28.1 Å². The van der Waals surface area contributed by atoms with E-state index in [1.54, 1.807) is 31.2 Å². The fraction of sp³-hybridized carbons (Fsp3) is 0.333. The van der Waals surface area contributed by atoms with E-state index in [2.05, 4.69) is 9.69 Å². The lowest BCUT2D eigenvalue weighted by atomic mass is 10.1. The number of hydrogen-bond donors (Lipinski definition) is 3. The van der Waals surface area contributed by atoms with Crippen molar-refractivity contribution in [2.24, 2.45) is 5.73 Å². The minimum Gasteiger partial charge on any atom is -0.464 e. The lowest BCUT2D eigenvalue weighted by Crippen LogP contribution is -2.46. The Hall–Kier alpha value is -3.66. The van der Waals surface area contributed by atoms with Crippen LogP contribution in [0.3, 0.4) is 0 Å². The Labute approximate surface area is 201 Å². The number of benzene rings is 1. The molecule has 1 atom stereocenters. The summed E-state index contributed by atoms with van der Waals surface area (Å²) < 4.78 is 9.83. The number of anilines is 2. The number of para-hydroxylation sites is 1. The maximum atomic E-state index is 14.0. The van der Waals surface area contributed by atoms with Gasteiger partial charge in [-0.2, -0.15) is 4.37 Å². The van der Waals surface area contributed by atoms with Crippen LogP contribution in [0.5, 0.6) is 0 Å². The molecule has 1 aliphatic carbocycles. The molecule has 10 heteroatoms. The molecule has 0 radical (unpaired) electrons. The van der Waals surface area contributed by atoms with Crippen molar-refractivity contribution in [3.63, 3.8) is 0 Å². The molecule has 9 nitrogen and oxygen atoms in total. The Bertz CT molecular complexity index is 1230. The smallest absolute Gasteiger partial charge is 0.273 e. The van der Waals surface area contributed by atoms with Gasteiger partial charge in [-0.25, -0.2) is 0 Å². The number of primary amides is 1. The van der Waals surface area contributed by atoms with E-state index in [0.717, 1.165) is 42.8 Å². The van der Waals surface area contributed by atoms with Crippen molar-refractivity contribution in [3.8, 4) is 0 Å². The number of aromatic nitrogens is 1. The molecule has 4 rings (SSSR count). The van der Waals surface area contributed by atoms with Crippen LogP contribution in [0, 0.1) is 13.8 Å². The molecule has 2 aromatic heterocycles. The van der Waals surface area contributed by atoms with Gasteiger partial charge < -0.3 is 21.2 Å². The number of nitrogens with two attached hydrogens (primary N) is 2. The first-order valence-electron chi connectivity index (χ1n) is 11.1. The summed E-state index contributed by atoms with van der Waals surface area (Å²) in [6.07, 6.45) is 3.86. The maximum Gasteiger partial charge on any atom is 0.273 e. The highest BCUT2D eigenvalue weighted by Crippen LogP contribution is 2.35. The van der Waals surface area contributed by atoms with Gasteiger partial charge in [-0.05, 0) is 62.0 Å². The SMILES string of the molecule is Cc1ccc(C(C(=O)NC2CCCC2)N(C(=O)c2snc(C(N)=O)c2N)c2ccccc2C)o1. The number of nitrogens with one attached hydrogen (secondary N) is 1. The number of nitrogen functional groups attached to an aromatic ring is 1. The van der Waals surface area contributed by atoms with Crippen molar-refractivity contribution in [2.45, 2.75) is 51.6 Å². The molecule has 5 N–H and O–H groups in total. The first-order chi connectivity index (χ1) is 16.3. The summed E-state index contributed by atoms with van der Waals surface area (Å²) in [6, 6.07) is 9.61. The molecule has 1 saturated carbocycles. The average Bonchev–Trinajstić information content (AvgIpc) is 3.54. The van der Waals surface area contributed by atoms with Gasteiger partial charge >= 0.3 is 0 Å². The van der Waals surface area contributed by atoms with Gasteiger partial charge in [0.1, 0.15) is 16.4 Å². The molecular formula is C24H27N5O4S. The van der Waals surface area contributed by atoms with E-state index in [-0.39, 0.29) is 28.2 Å². The molecule has 1 aliphatic rings. The summed E-state index contributed by atoms with van der Waals surface area (Å²) in [7, 11) is 0. The first kappa shape index (κ1) is 23.5. The fourth-order valence-corrected chi connectivity index (χ4v) is 5.00. The molecule has 34 heavy (non-hydrogen) atoms. The second-order valence-electron chi connectivity index (χ2n) is 8.44. The Morgan fingerprint density at radius 1 is 1.15 bits per heavy atom. The van der Waals surface area contributed by atoms with Gasteiger partial charge in [-0.15, -0.1) is 0 Å². The second kappa shape index (κ2) is 9.68. The quantitative estimate of drug-likeness (QED) is 0.471. The molecule has 3 aromatic rings. The molecule has 1 fully saturated rings. The van der Waals surface area contributed by atoms with Crippen LogP contribution < -0.4 is 21.7 Å². The van der Waals surface area contributed by atoms with Crippen molar-refractivity contribution in [1.29, 1.82) is 0 Å². The van der Waals surface area contributed by atoms with Crippen molar-refractivity contribution < 1.29 is 18.8 Å². The molecular weight excluding hydrogens is 454 g/mol. The van der Waals surface area contributed by atoms with Crippen LogP contribution in [0.1, 0.15) is 69.0 Å². The minimum atomic E-state index is -1.10. The monoisotopic (exact) mass is 481 g/mol. The van der Waals surface area contributed by atoms with E-state index in [1.807, 2.05) is 19.1 Å². The van der Waals surface area contributed by atoms with Crippen molar-refractivity contribution in [3.05, 3.63) is 64.1 Å². The highest BCUT2D eigenvalue weighted by molar-refractivity contribution is 7.09. The number of carbonyl (C=O) groups excluding carboxylic acids is 3. The molecule has 0 aliphatic heterocycles. The summed E-state index contributed by atoms with van der Waals surface area (Å²) in [5.74, 6) is -0.817. The van der Waals surface area contributed by atoms with E-state index >= 15 is 0 Å². The van der Waals surface area contributed by atoms with Crippen LogP contribution in [0.2, 0.25) is 0 Å². The third kappa shape index (κ3) is 4.54. The Morgan fingerprint density at radius 2 is 1.85 bits per heavy atom. The number of amides is 3. The number of carbonyl (C=O) groups is 3. The minimum absolute atomic E-state index is 0.0268. The number of nitrogens with zero attached hydrogens (tertiary/aromatic N) is 2. The van der Waals surface area contributed by atoms with Crippen molar-refractivity contribution in [1.82, 2.24) is 9.69 Å². The molecule has 0 saturated heterocycles. The zero-order valence-electron chi connectivity index (χ0n) is 19.0. The molecule has 0 spiro atoms. The standard InChI is InChI=1S/C24H27N5O4S/c1-13-7-3-6-10-16(13)29(24(32)21-18(25)19(22(26)30)28-34-21)20(17-12-11-14(2)33-17)23(31)27-15-8-4-5-9-15/h3,6-7,10-12,15,20H,4-5,8-9,25H2,1-2H3,(H2,26,30)(H,27,31). The lowest BCUT2D eigenvalue weighted by Gasteiger charge is -2.31. The molecule has 2 heterocycles. The van der Waals surface area contributed by atoms with E-state index in [0.29, 0.717) is 17.2 Å². The number of hydrogen-bond acceptors (Lipinski definition) is 7. The van der Waals surface area contributed by atoms with E-state index in [4.69, 9.17) is 15.9 Å². The van der Waals surface area contributed by atoms with E-state index < -0.39 is 17.9 Å².